The third kappa shape index (κ3) is 4.12. The Hall–Kier alpha value is -2.29. The summed E-state index contributed by atoms with van der Waals surface area (Å²) in [5, 5.41) is 2.87. The van der Waals surface area contributed by atoms with Gasteiger partial charge < -0.3 is 10.1 Å². The quantitative estimate of drug-likeness (QED) is 0.902. The molecule has 0 heterocycles. The van der Waals surface area contributed by atoms with E-state index in [-0.39, 0.29) is 11.9 Å². The van der Waals surface area contributed by atoms with Crippen molar-refractivity contribution in [3.05, 3.63) is 65.7 Å². The van der Waals surface area contributed by atoms with Crippen molar-refractivity contribution in [2.24, 2.45) is 0 Å². The highest BCUT2D eigenvalue weighted by Crippen LogP contribution is 2.20. The van der Waals surface area contributed by atoms with Crippen molar-refractivity contribution in [2.45, 2.75) is 26.5 Å². The van der Waals surface area contributed by atoms with Gasteiger partial charge in [-0.25, -0.2) is 0 Å². The molecule has 0 saturated carbocycles. The summed E-state index contributed by atoms with van der Waals surface area (Å²) in [6, 6.07) is 17.8. The molecule has 0 aliphatic rings. The second-order valence-electron chi connectivity index (χ2n) is 4.77. The molecule has 0 aliphatic carbocycles. The van der Waals surface area contributed by atoms with Crippen LogP contribution >= 0.6 is 0 Å². The Kier molecular flexibility index (Phi) is 4.77. The average Bonchev–Trinajstić information content (AvgIpc) is 2.46. The number of nitrogens with one attached hydrogen (secondary N) is 1. The fourth-order valence-corrected chi connectivity index (χ4v) is 2.00. The summed E-state index contributed by atoms with van der Waals surface area (Å²) in [4.78, 5) is 11.1. The summed E-state index contributed by atoms with van der Waals surface area (Å²) in [5.74, 6) is 0.775. The SMILES string of the molecule is CC(=O)N[C@H](C)c1cccc(OCc2ccccc2)c1. The van der Waals surface area contributed by atoms with E-state index in [9.17, 15) is 4.79 Å². The van der Waals surface area contributed by atoms with Gasteiger partial charge in [-0.2, -0.15) is 0 Å². The summed E-state index contributed by atoms with van der Waals surface area (Å²) in [5.41, 5.74) is 2.17. The van der Waals surface area contributed by atoms with Crippen molar-refractivity contribution in [1.29, 1.82) is 0 Å². The van der Waals surface area contributed by atoms with Gasteiger partial charge >= 0.3 is 0 Å². The van der Waals surface area contributed by atoms with Gasteiger partial charge in [0.15, 0.2) is 0 Å². The third-order valence-electron chi connectivity index (χ3n) is 3.03. The molecule has 0 unspecified atom stereocenters. The summed E-state index contributed by atoms with van der Waals surface area (Å²) in [7, 11) is 0. The maximum atomic E-state index is 11.1. The molecule has 2 aromatic carbocycles. The lowest BCUT2D eigenvalue weighted by Gasteiger charge is -2.14. The largest absolute Gasteiger partial charge is 0.489 e. The first-order valence-corrected chi connectivity index (χ1v) is 6.69. The van der Waals surface area contributed by atoms with E-state index in [1.54, 1.807) is 0 Å². The molecule has 1 N–H and O–H groups in total. The highest BCUT2D eigenvalue weighted by molar-refractivity contribution is 5.73. The van der Waals surface area contributed by atoms with E-state index in [4.69, 9.17) is 4.74 Å². The molecule has 2 rings (SSSR count). The van der Waals surface area contributed by atoms with Gasteiger partial charge in [0.05, 0.1) is 6.04 Å². The standard InChI is InChI=1S/C17H19NO2/c1-13(18-14(2)19)16-9-6-10-17(11-16)20-12-15-7-4-3-5-8-15/h3-11,13H,12H2,1-2H3,(H,18,19)/t13-/m1/s1. The molecule has 1 atom stereocenters. The Labute approximate surface area is 119 Å². The molecule has 0 aromatic heterocycles. The Morgan fingerprint density at radius 3 is 2.60 bits per heavy atom. The fraction of sp³-hybridized carbons (Fsp3) is 0.235. The van der Waals surface area contributed by atoms with Crippen LogP contribution in [0.3, 0.4) is 0 Å². The highest BCUT2D eigenvalue weighted by Gasteiger charge is 2.07. The van der Waals surface area contributed by atoms with Gasteiger partial charge in [0, 0.05) is 6.92 Å². The summed E-state index contributed by atoms with van der Waals surface area (Å²) >= 11 is 0. The van der Waals surface area contributed by atoms with Crippen LogP contribution in [0.4, 0.5) is 0 Å². The first-order chi connectivity index (χ1) is 9.65. The van der Waals surface area contributed by atoms with Crippen molar-refractivity contribution in [3.63, 3.8) is 0 Å². The predicted molar refractivity (Wildman–Crippen MR) is 79.4 cm³/mol. The second-order valence-corrected chi connectivity index (χ2v) is 4.77. The maximum absolute atomic E-state index is 11.1. The van der Waals surface area contributed by atoms with Crippen LogP contribution in [-0.4, -0.2) is 5.91 Å². The Morgan fingerprint density at radius 1 is 1.15 bits per heavy atom. The van der Waals surface area contributed by atoms with E-state index < -0.39 is 0 Å². The number of amides is 1. The lowest BCUT2D eigenvalue weighted by molar-refractivity contribution is -0.119. The van der Waals surface area contributed by atoms with Crippen LogP contribution in [0.1, 0.15) is 31.0 Å². The van der Waals surface area contributed by atoms with Crippen LogP contribution in [0.2, 0.25) is 0 Å². The molecule has 0 aliphatic heterocycles. The molecule has 3 heteroatoms. The number of hydrogen-bond acceptors (Lipinski definition) is 2. The van der Waals surface area contributed by atoms with E-state index in [0.29, 0.717) is 6.61 Å². The molecule has 1 amide bonds. The highest BCUT2D eigenvalue weighted by atomic mass is 16.5. The van der Waals surface area contributed by atoms with Crippen molar-refractivity contribution in [2.75, 3.05) is 0 Å². The monoisotopic (exact) mass is 269 g/mol. The molecule has 104 valence electrons. The number of rotatable bonds is 5. The zero-order valence-corrected chi connectivity index (χ0v) is 11.8. The molecule has 0 spiro atoms. The van der Waals surface area contributed by atoms with Crippen molar-refractivity contribution in [1.82, 2.24) is 5.32 Å². The van der Waals surface area contributed by atoms with Crippen LogP contribution in [-0.2, 0) is 11.4 Å². The van der Waals surface area contributed by atoms with Crippen molar-refractivity contribution >= 4 is 5.91 Å². The molecule has 0 radical (unpaired) electrons. The Balaban J connectivity index is 2.01. The molecular formula is C17H19NO2. The summed E-state index contributed by atoms with van der Waals surface area (Å²) in [6.45, 7) is 4.02. The Bertz CT molecular complexity index is 566. The van der Waals surface area contributed by atoms with Crippen LogP contribution in [0.15, 0.2) is 54.6 Å². The topological polar surface area (TPSA) is 38.3 Å². The van der Waals surface area contributed by atoms with Gasteiger partial charge in [-0.3, -0.25) is 4.79 Å². The average molecular weight is 269 g/mol. The molecule has 0 fully saturated rings. The zero-order valence-electron chi connectivity index (χ0n) is 11.8. The van der Waals surface area contributed by atoms with E-state index in [1.807, 2.05) is 61.5 Å². The van der Waals surface area contributed by atoms with Gasteiger partial charge in [0.25, 0.3) is 0 Å². The minimum absolute atomic E-state index is 0.0206. The molecule has 2 aromatic rings. The number of hydrogen-bond donors (Lipinski definition) is 1. The van der Waals surface area contributed by atoms with Gasteiger partial charge in [-0.05, 0) is 30.2 Å². The van der Waals surface area contributed by atoms with Crippen molar-refractivity contribution < 1.29 is 9.53 Å². The summed E-state index contributed by atoms with van der Waals surface area (Å²) in [6.07, 6.45) is 0. The minimum atomic E-state index is -0.0342. The van der Waals surface area contributed by atoms with Gasteiger partial charge in [0.1, 0.15) is 12.4 Å². The van der Waals surface area contributed by atoms with E-state index >= 15 is 0 Å². The number of carbonyl (C=O) groups excluding carboxylic acids is 1. The van der Waals surface area contributed by atoms with E-state index in [1.165, 1.54) is 6.92 Å². The van der Waals surface area contributed by atoms with Crippen LogP contribution in [0, 0.1) is 0 Å². The number of benzene rings is 2. The summed E-state index contributed by atoms with van der Waals surface area (Å²) < 4.78 is 5.78. The smallest absolute Gasteiger partial charge is 0.217 e. The fourth-order valence-electron chi connectivity index (χ4n) is 2.00. The molecule has 3 nitrogen and oxygen atoms in total. The van der Waals surface area contributed by atoms with Gasteiger partial charge in [-0.15, -0.1) is 0 Å². The number of carbonyl (C=O) groups is 1. The van der Waals surface area contributed by atoms with Crippen LogP contribution in [0.5, 0.6) is 5.75 Å². The second kappa shape index (κ2) is 6.75. The maximum Gasteiger partial charge on any atom is 0.217 e. The molecule has 20 heavy (non-hydrogen) atoms. The van der Waals surface area contributed by atoms with Gasteiger partial charge in [-0.1, -0.05) is 42.5 Å². The first kappa shape index (κ1) is 14.1. The minimum Gasteiger partial charge on any atom is -0.489 e. The Morgan fingerprint density at radius 2 is 1.90 bits per heavy atom. The van der Waals surface area contributed by atoms with Gasteiger partial charge in [0.2, 0.25) is 5.91 Å². The lowest BCUT2D eigenvalue weighted by atomic mass is 10.1. The predicted octanol–water partition coefficient (Wildman–Crippen LogP) is 3.46. The van der Waals surface area contributed by atoms with Crippen molar-refractivity contribution in [3.8, 4) is 5.75 Å². The normalized spacial score (nSPS) is 11.7. The van der Waals surface area contributed by atoms with E-state index in [2.05, 4.69) is 5.32 Å². The zero-order chi connectivity index (χ0) is 14.4. The lowest BCUT2D eigenvalue weighted by Crippen LogP contribution is -2.23. The molecule has 0 bridgehead atoms. The number of ether oxygens (including phenoxy) is 1. The first-order valence-electron chi connectivity index (χ1n) is 6.69. The molecule has 0 saturated heterocycles. The molecular weight excluding hydrogens is 250 g/mol. The third-order valence-corrected chi connectivity index (χ3v) is 3.03. The van der Waals surface area contributed by atoms with Crippen LogP contribution in [0.25, 0.3) is 0 Å². The van der Waals surface area contributed by atoms with Crippen LogP contribution < -0.4 is 10.1 Å². The van der Waals surface area contributed by atoms with E-state index in [0.717, 1.165) is 16.9 Å².